The Morgan fingerprint density at radius 1 is 0.955 bits per heavy atom. The zero-order chi connectivity index (χ0) is 31.1. The van der Waals surface area contributed by atoms with Gasteiger partial charge in [0.1, 0.15) is 0 Å². The zero-order valence-corrected chi connectivity index (χ0v) is 27.6. The molecule has 1 saturated heterocycles. The fourth-order valence-electron chi connectivity index (χ4n) is 4.54. The Morgan fingerprint density at radius 3 is 2.25 bits per heavy atom. The number of aryl methyl sites for hydroxylation is 2. The van der Waals surface area contributed by atoms with Gasteiger partial charge < -0.3 is 14.8 Å². The Morgan fingerprint density at radius 2 is 1.61 bits per heavy atom. The Labute approximate surface area is 275 Å². The van der Waals surface area contributed by atoms with E-state index in [1.165, 1.54) is 22.9 Å². The van der Waals surface area contributed by atoms with Crippen LogP contribution in [0.4, 0.5) is 17.1 Å². The van der Waals surface area contributed by atoms with Crippen LogP contribution in [0.3, 0.4) is 0 Å². The highest BCUT2D eigenvalue weighted by atomic mass is 127. The average molecular weight is 718 g/mol. The topological polar surface area (TPSA) is 80.2 Å². The summed E-state index contributed by atoms with van der Waals surface area (Å²) in [6.07, 6.45) is 3.69. The minimum Gasteiger partial charge on any atom is -0.493 e. The van der Waals surface area contributed by atoms with E-state index in [9.17, 15) is 9.59 Å². The third-order valence-electron chi connectivity index (χ3n) is 6.93. The van der Waals surface area contributed by atoms with Gasteiger partial charge in [-0.1, -0.05) is 56.3 Å². The normalized spacial score (nSPS) is 14.7. The third kappa shape index (κ3) is 7.51. The van der Waals surface area contributed by atoms with Gasteiger partial charge in [0.2, 0.25) is 0 Å². The monoisotopic (exact) mass is 717 g/mol. The molecule has 1 aliphatic heterocycles. The number of nitrogens with one attached hydrogen (secondary N) is 1. The lowest BCUT2D eigenvalue weighted by Crippen LogP contribution is -2.28. The summed E-state index contributed by atoms with van der Waals surface area (Å²) >= 11 is 3.48. The number of rotatable bonds is 10. The number of halogens is 1. The number of carbonyl (C=O) groups excluding carboxylic acids is 2. The number of amides is 2. The number of hydrogen-bond acceptors (Lipinski definition) is 6. The molecule has 9 heteroatoms. The molecule has 224 valence electrons. The van der Waals surface area contributed by atoms with E-state index < -0.39 is 0 Å². The molecule has 2 amide bonds. The van der Waals surface area contributed by atoms with Crippen LogP contribution in [-0.2, 0) is 22.4 Å². The molecule has 0 radical (unpaired) electrons. The first-order chi connectivity index (χ1) is 21.4. The maximum atomic E-state index is 13.9. The van der Waals surface area contributed by atoms with Crippen LogP contribution in [-0.4, -0.2) is 30.7 Å². The van der Waals surface area contributed by atoms with E-state index in [0.29, 0.717) is 27.3 Å². The summed E-state index contributed by atoms with van der Waals surface area (Å²) in [6.45, 7) is 4.04. The number of ether oxygens (including phenoxy) is 2. The summed E-state index contributed by atoms with van der Waals surface area (Å²) in [5.41, 5.74) is 5.42. The first kappa shape index (κ1) is 31.3. The highest BCUT2D eigenvalue weighted by molar-refractivity contribution is 14.1. The maximum absolute atomic E-state index is 13.9. The first-order valence-electron chi connectivity index (χ1n) is 14.2. The predicted octanol–water partition coefficient (Wildman–Crippen LogP) is 8.25. The Kier molecular flexibility index (Phi) is 10.4. The van der Waals surface area contributed by atoms with Gasteiger partial charge in [0.25, 0.3) is 11.8 Å². The number of aliphatic imine (C=N–C) groups is 1. The lowest BCUT2D eigenvalue weighted by Gasteiger charge is -2.16. The van der Waals surface area contributed by atoms with E-state index in [4.69, 9.17) is 14.5 Å². The summed E-state index contributed by atoms with van der Waals surface area (Å²) in [7, 11) is 1.55. The molecule has 0 aromatic heterocycles. The van der Waals surface area contributed by atoms with Crippen molar-refractivity contribution in [3.8, 4) is 11.5 Å². The number of carbonyl (C=O) groups is 2. The SMILES string of the molecule is CCc1ccc(N=C2S/C(=C\c3cc(I)c(OCC(=O)Nc4ccccc4)c(OC)c3)C(=O)N2c2ccc(CC)cc2)cc1. The minimum absolute atomic E-state index is 0.157. The summed E-state index contributed by atoms with van der Waals surface area (Å²) in [5, 5.41) is 3.40. The van der Waals surface area contributed by atoms with Gasteiger partial charge in [0.15, 0.2) is 23.3 Å². The van der Waals surface area contributed by atoms with Crippen molar-refractivity contribution in [3.63, 3.8) is 0 Å². The molecule has 1 heterocycles. The van der Waals surface area contributed by atoms with Crippen LogP contribution in [0.1, 0.15) is 30.5 Å². The molecule has 0 spiro atoms. The van der Waals surface area contributed by atoms with Crippen LogP contribution in [0.15, 0.2) is 101 Å². The molecule has 0 atom stereocenters. The largest absolute Gasteiger partial charge is 0.493 e. The number of anilines is 2. The number of benzene rings is 4. The van der Waals surface area contributed by atoms with Crippen LogP contribution in [0.2, 0.25) is 0 Å². The number of hydrogen-bond donors (Lipinski definition) is 1. The number of para-hydroxylation sites is 1. The molecule has 44 heavy (non-hydrogen) atoms. The van der Waals surface area contributed by atoms with Crippen molar-refractivity contribution in [2.24, 2.45) is 4.99 Å². The molecule has 0 saturated carbocycles. The second-order valence-corrected chi connectivity index (χ2v) is 12.1. The molecule has 1 N–H and O–H groups in total. The number of thioether (sulfide) groups is 1. The molecular weight excluding hydrogens is 685 g/mol. The van der Waals surface area contributed by atoms with Crippen molar-refractivity contribution in [2.45, 2.75) is 26.7 Å². The second kappa shape index (κ2) is 14.6. The van der Waals surface area contributed by atoms with Crippen molar-refractivity contribution >= 4 is 74.5 Å². The molecule has 1 aliphatic rings. The van der Waals surface area contributed by atoms with E-state index >= 15 is 0 Å². The molecule has 1 fully saturated rings. The predicted molar refractivity (Wildman–Crippen MR) is 188 cm³/mol. The smallest absolute Gasteiger partial charge is 0.271 e. The number of amidine groups is 1. The lowest BCUT2D eigenvalue weighted by atomic mass is 10.1. The average Bonchev–Trinajstić information content (AvgIpc) is 3.34. The van der Waals surface area contributed by atoms with Gasteiger partial charge in [-0.15, -0.1) is 0 Å². The van der Waals surface area contributed by atoms with Crippen LogP contribution in [0.5, 0.6) is 11.5 Å². The van der Waals surface area contributed by atoms with Crippen LogP contribution < -0.4 is 19.7 Å². The van der Waals surface area contributed by atoms with Crippen molar-refractivity contribution < 1.29 is 19.1 Å². The Bertz CT molecular complexity index is 1700. The fraction of sp³-hybridized carbons (Fsp3) is 0.171. The van der Waals surface area contributed by atoms with E-state index in [2.05, 4.69) is 53.9 Å². The van der Waals surface area contributed by atoms with E-state index in [1.807, 2.05) is 78.9 Å². The van der Waals surface area contributed by atoms with Crippen LogP contribution >= 0.6 is 34.4 Å². The van der Waals surface area contributed by atoms with Gasteiger partial charge >= 0.3 is 0 Å². The number of methoxy groups -OCH3 is 1. The molecule has 0 aliphatic carbocycles. The zero-order valence-electron chi connectivity index (χ0n) is 24.7. The minimum atomic E-state index is -0.281. The summed E-state index contributed by atoms with van der Waals surface area (Å²) in [5.74, 6) is 0.481. The van der Waals surface area contributed by atoms with Gasteiger partial charge in [0, 0.05) is 5.69 Å². The highest BCUT2D eigenvalue weighted by Gasteiger charge is 2.35. The van der Waals surface area contributed by atoms with Crippen molar-refractivity contribution in [3.05, 3.63) is 116 Å². The van der Waals surface area contributed by atoms with Gasteiger partial charge in [-0.05, 0) is 118 Å². The van der Waals surface area contributed by atoms with E-state index in [1.54, 1.807) is 18.1 Å². The Hall–Kier alpha value is -4.09. The van der Waals surface area contributed by atoms with Gasteiger partial charge in [0.05, 0.1) is 27.0 Å². The van der Waals surface area contributed by atoms with Gasteiger partial charge in [-0.25, -0.2) is 4.99 Å². The highest BCUT2D eigenvalue weighted by Crippen LogP contribution is 2.40. The fourth-order valence-corrected chi connectivity index (χ4v) is 6.33. The van der Waals surface area contributed by atoms with E-state index in [0.717, 1.165) is 33.4 Å². The summed E-state index contributed by atoms with van der Waals surface area (Å²) in [4.78, 5) is 33.4. The first-order valence-corrected chi connectivity index (χ1v) is 16.1. The lowest BCUT2D eigenvalue weighted by molar-refractivity contribution is -0.118. The maximum Gasteiger partial charge on any atom is 0.271 e. The Balaban J connectivity index is 1.42. The molecule has 0 unspecified atom stereocenters. The second-order valence-electron chi connectivity index (χ2n) is 9.92. The van der Waals surface area contributed by atoms with Crippen molar-refractivity contribution in [2.75, 3.05) is 23.9 Å². The molecule has 0 bridgehead atoms. The van der Waals surface area contributed by atoms with Gasteiger partial charge in [-0.3, -0.25) is 14.5 Å². The van der Waals surface area contributed by atoms with Crippen LogP contribution in [0.25, 0.3) is 6.08 Å². The molecule has 7 nitrogen and oxygen atoms in total. The van der Waals surface area contributed by atoms with Crippen molar-refractivity contribution in [1.29, 1.82) is 0 Å². The summed E-state index contributed by atoms with van der Waals surface area (Å²) in [6, 6.07) is 29.0. The van der Waals surface area contributed by atoms with E-state index in [-0.39, 0.29) is 18.4 Å². The molecule has 5 rings (SSSR count). The van der Waals surface area contributed by atoms with Crippen LogP contribution in [0, 0.1) is 3.57 Å². The molecular formula is C35H32IN3O4S. The van der Waals surface area contributed by atoms with Crippen molar-refractivity contribution in [1.82, 2.24) is 0 Å². The molecule has 4 aromatic rings. The molecule has 4 aromatic carbocycles. The summed E-state index contributed by atoms with van der Waals surface area (Å²) < 4.78 is 12.2. The quantitative estimate of drug-likeness (QED) is 0.132. The van der Waals surface area contributed by atoms with Gasteiger partial charge in [-0.2, -0.15) is 0 Å². The third-order valence-corrected chi connectivity index (χ3v) is 8.70. The standard InChI is InChI=1S/C35H32IN3O4S/c1-4-23-11-15-27(16-12-23)38-35-39(28-17-13-24(5-2)14-18-28)34(41)31(44-35)21-25-19-29(36)33(30(20-25)42-3)43-22-32(40)37-26-9-7-6-8-10-26/h6-21H,4-5,22H2,1-3H3,(H,37,40)/b31-21-,38-35?. The number of nitrogens with zero attached hydrogens (tertiary/aromatic N) is 2.